The van der Waals surface area contributed by atoms with E-state index in [9.17, 15) is 14.4 Å². The van der Waals surface area contributed by atoms with Crippen molar-refractivity contribution in [1.29, 1.82) is 0 Å². The molecule has 6 nitrogen and oxygen atoms in total. The van der Waals surface area contributed by atoms with E-state index < -0.39 is 11.9 Å². The Labute approximate surface area is 124 Å². The van der Waals surface area contributed by atoms with Crippen molar-refractivity contribution < 1.29 is 14.4 Å². The van der Waals surface area contributed by atoms with Crippen LogP contribution in [0.25, 0.3) is 10.9 Å². The molecule has 1 aliphatic rings. The van der Waals surface area contributed by atoms with Crippen LogP contribution in [0.15, 0.2) is 23.7 Å². The molecule has 1 fully saturated rings. The molecular weight excluding hydrogens is 290 g/mol. The molecule has 3 rings (SSSR count). The first-order valence-corrected chi connectivity index (χ1v) is 7.45. The number of hydrogen-bond donors (Lipinski definition) is 2. The average Bonchev–Trinajstić information content (AvgIpc) is 2.85. The number of imide groups is 1. The molecular formula is C14H13N3O3S. The number of amides is 3. The van der Waals surface area contributed by atoms with Crippen LogP contribution in [0.5, 0.6) is 0 Å². The summed E-state index contributed by atoms with van der Waals surface area (Å²) in [6.45, 7) is 0. The Bertz CT molecular complexity index is 725. The van der Waals surface area contributed by atoms with E-state index in [0.717, 1.165) is 15.8 Å². The lowest BCUT2D eigenvalue weighted by Crippen LogP contribution is -2.52. The number of fused-ring (bicyclic) bond motifs is 1. The quantitative estimate of drug-likeness (QED) is 0.819. The molecule has 0 aliphatic carbocycles. The second-order valence-corrected chi connectivity index (χ2v) is 5.81. The third-order valence-corrected chi connectivity index (χ3v) is 4.32. The molecule has 2 aromatic rings. The lowest BCUT2D eigenvalue weighted by atomic mass is 10.1. The topological polar surface area (TPSA) is 88.2 Å². The van der Waals surface area contributed by atoms with E-state index in [-0.39, 0.29) is 24.7 Å². The normalized spacial score (nSPS) is 18.6. The summed E-state index contributed by atoms with van der Waals surface area (Å²) in [5.74, 6) is -0.966. The molecule has 0 aromatic carbocycles. The number of pyridine rings is 1. The Balaban J connectivity index is 1.67. The Morgan fingerprint density at radius 1 is 1.48 bits per heavy atom. The van der Waals surface area contributed by atoms with Crippen LogP contribution in [-0.4, -0.2) is 28.7 Å². The number of carbonyl (C=O) groups excluding carboxylic acids is 3. The van der Waals surface area contributed by atoms with Crippen molar-refractivity contribution in [2.24, 2.45) is 0 Å². The predicted molar refractivity (Wildman–Crippen MR) is 77.6 cm³/mol. The number of hydrogen-bond acceptors (Lipinski definition) is 5. The SMILES string of the molecule is O=C1CCC(NC(=O)Cc2scc3cccnc23)C(=O)N1. The van der Waals surface area contributed by atoms with Gasteiger partial charge in [0.15, 0.2) is 0 Å². The van der Waals surface area contributed by atoms with Crippen LogP contribution in [0.2, 0.25) is 0 Å². The summed E-state index contributed by atoms with van der Waals surface area (Å²) in [7, 11) is 0. The molecule has 0 spiro atoms. The summed E-state index contributed by atoms with van der Waals surface area (Å²) in [6, 6.07) is 3.16. The lowest BCUT2D eigenvalue weighted by Gasteiger charge is -2.21. The third kappa shape index (κ3) is 2.92. The average molecular weight is 303 g/mol. The van der Waals surface area contributed by atoms with Gasteiger partial charge in [-0.15, -0.1) is 11.3 Å². The maximum atomic E-state index is 12.1. The Morgan fingerprint density at radius 3 is 3.14 bits per heavy atom. The van der Waals surface area contributed by atoms with Crippen LogP contribution in [-0.2, 0) is 20.8 Å². The molecule has 1 unspecified atom stereocenters. The molecule has 3 heterocycles. The number of carbonyl (C=O) groups is 3. The molecule has 2 N–H and O–H groups in total. The highest BCUT2D eigenvalue weighted by Crippen LogP contribution is 2.23. The van der Waals surface area contributed by atoms with Crippen molar-refractivity contribution in [3.63, 3.8) is 0 Å². The number of piperidine rings is 1. The zero-order chi connectivity index (χ0) is 14.8. The molecule has 1 atom stereocenters. The fourth-order valence-electron chi connectivity index (χ4n) is 2.28. The molecule has 2 aromatic heterocycles. The van der Waals surface area contributed by atoms with E-state index in [1.165, 1.54) is 11.3 Å². The fourth-order valence-corrected chi connectivity index (χ4v) is 3.24. The Morgan fingerprint density at radius 2 is 2.33 bits per heavy atom. The van der Waals surface area contributed by atoms with Gasteiger partial charge in [0.25, 0.3) is 0 Å². The van der Waals surface area contributed by atoms with Gasteiger partial charge in [0.1, 0.15) is 6.04 Å². The monoisotopic (exact) mass is 303 g/mol. The van der Waals surface area contributed by atoms with Gasteiger partial charge in [0.2, 0.25) is 17.7 Å². The molecule has 108 valence electrons. The van der Waals surface area contributed by atoms with Crippen LogP contribution in [0.4, 0.5) is 0 Å². The van der Waals surface area contributed by atoms with E-state index >= 15 is 0 Å². The van der Waals surface area contributed by atoms with Gasteiger partial charge >= 0.3 is 0 Å². The number of nitrogens with zero attached hydrogens (tertiary/aromatic N) is 1. The van der Waals surface area contributed by atoms with Crippen LogP contribution in [0.1, 0.15) is 17.7 Å². The summed E-state index contributed by atoms with van der Waals surface area (Å²) in [5, 5.41) is 7.85. The van der Waals surface area contributed by atoms with Crippen LogP contribution in [0.3, 0.4) is 0 Å². The Hall–Kier alpha value is -2.28. The Kier molecular flexibility index (Phi) is 3.66. The third-order valence-electron chi connectivity index (χ3n) is 3.33. The predicted octanol–water partition coefficient (Wildman–Crippen LogP) is 0.760. The molecule has 0 bridgehead atoms. The van der Waals surface area contributed by atoms with E-state index in [0.29, 0.717) is 6.42 Å². The fraction of sp³-hybridized carbons (Fsp3) is 0.286. The molecule has 21 heavy (non-hydrogen) atoms. The van der Waals surface area contributed by atoms with E-state index in [2.05, 4.69) is 15.6 Å². The van der Waals surface area contributed by atoms with E-state index in [1.54, 1.807) is 6.20 Å². The summed E-state index contributed by atoms with van der Waals surface area (Å²) in [5.41, 5.74) is 0.820. The van der Waals surface area contributed by atoms with Gasteiger partial charge in [-0.25, -0.2) is 0 Å². The minimum absolute atomic E-state index is 0.183. The molecule has 7 heteroatoms. The number of aromatic nitrogens is 1. The first kappa shape index (κ1) is 13.7. The molecule has 3 amide bonds. The van der Waals surface area contributed by atoms with Crippen molar-refractivity contribution in [3.8, 4) is 0 Å². The highest BCUT2D eigenvalue weighted by atomic mass is 32.1. The highest BCUT2D eigenvalue weighted by Gasteiger charge is 2.27. The molecule has 1 aliphatic heterocycles. The van der Waals surface area contributed by atoms with Gasteiger partial charge in [-0.05, 0) is 12.5 Å². The van der Waals surface area contributed by atoms with Gasteiger partial charge in [-0.3, -0.25) is 24.7 Å². The smallest absolute Gasteiger partial charge is 0.249 e. The molecule has 0 radical (unpaired) electrons. The number of thiophene rings is 1. The van der Waals surface area contributed by atoms with Gasteiger partial charge < -0.3 is 5.32 Å². The zero-order valence-electron chi connectivity index (χ0n) is 11.1. The second kappa shape index (κ2) is 5.61. The van der Waals surface area contributed by atoms with Crippen molar-refractivity contribution in [2.75, 3.05) is 0 Å². The van der Waals surface area contributed by atoms with Crippen molar-refractivity contribution in [2.45, 2.75) is 25.3 Å². The van der Waals surface area contributed by atoms with Gasteiger partial charge in [0, 0.05) is 28.3 Å². The first-order valence-electron chi connectivity index (χ1n) is 6.57. The number of nitrogens with one attached hydrogen (secondary N) is 2. The van der Waals surface area contributed by atoms with Gasteiger partial charge in [-0.1, -0.05) is 6.07 Å². The van der Waals surface area contributed by atoms with Gasteiger partial charge in [-0.2, -0.15) is 0 Å². The van der Waals surface area contributed by atoms with Crippen molar-refractivity contribution in [3.05, 3.63) is 28.6 Å². The highest BCUT2D eigenvalue weighted by molar-refractivity contribution is 7.11. The zero-order valence-corrected chi connectivity index (χ0v) is 11.9. The lowest BCUT2D eigenvalue weighted by molar-refractivity contribution is -0.137. The summed E-state index contributed by atoms with van der Waals surface area (Å²) < 4.78 is 0. The standard InChI is InChI=1S/C14H13N3O3S/c18-11-4-3-9(14(20)17-11)16-12(19)6-10-13-8(7-21-10)2-1-5-15-13/h1-2,5,7,9H,3-4,6H2,(H,16,19)(H,17,18,20). The summed E-state index contributed by atoms with van der Waals surface area (Å²) >= 11 is 1.48. The maximum Gasteiger partial charge on any atom is 0.249 e. The molecule has 0 saturated carbocycles. The van der Waals surface area contributed by atoms with Gasteiger partial charge in [0.05, 0.1) is 11.9 Å². The molecule has 1 saturated heterocycles. The summed E-state index contributed by atoms with van der Waals surface area (Å²) in [6.07, 6.45) is 2.47. The van der Waals surface area contributed by atoms with E-state index in [4.69, 9.17) is 0 Å². The van der Waals surface area contributed by atoms with Crippen LogP contribution >= 0.6 is 11.3 Å². The second-order valence-electron chi connectivity index (χ2n) is 4.85. The first-order chi connectivity index (χ1) is 10.1. The van der Waals surface area contributed by atoms with Crippen molar-refractivity contribution in [1.82, 2.24) is 15.6 Å². The van der Waals surface area contributed by atoms with Crippen molar-refractivity contribution >= 4 is 40.0 Å². The van der Waals surface area contributed by atoms with Crippen LogP contribution in [0, 0.1) is 0 Å². The minimum atomic E-state index is -0.630. The van der Waals surface area contributed by atoms with Crippen LogP contribution < -0.4 is 10.6 Å². The minimum Gasteiger partial charge on any atom is -0.344 e. The van der Waals surface area contributed by atoms with E-state index in [1.807, 2.05) is 17.5 Å². The number of rotatable bonds is 3. The largest absolute Gasteiger partial charge is 0.344 e. The summed E-state index contributed by atoms with van der Waals surface area (Å²) in [4.78, 5) is 39.9. The maximum absolute atomic E-state index is 12.1.